The van der Waals surface area contributed by atoms with Crippen LogP contribution in [-0.2, 0) is 0 Å². The van der Waals surface area contributed by atoms with Crippen molar-refractivity contribution >= 4 is 0 Å². The van der Waals surface area contributed by atoms with E-state index in [2.05, 4.69) is 37.3 Å². The highest BCUT2D eigenvalue weighted by atomic mass is 16.5. The molecule has 0 bridgehead atoms. The van der Waals surface area contributed by atoms with Crippen molar-refractivity contribution in [1.29, 1.82) is 0 Å². The van der Waals surface area contributed by atoms with Crippen LogP contribution in [-0.4, -0.2) is 36.6 Å². The monoisotopic (exact) mass is 400 g/mol. The zero-order valence-electron chi connectivity index (χ0n) is 17.7. The van der Waals surface area contributed by atoms with Gasteiger partial charge >= 0.3 is 0 Å². The van der Waals surface area contributed by atoms with Gasteiger partial charge in [0.15, 0.2) is 0 Å². The molecule has 0 saturated carbocycles. The van der Waals surface area contributed by atoms with E-state index >= 15 is 0 Å². The number of ether oxygens (including phenoxy) is 2. The Morgan fingerprint density at radius 1 is 0.621 bits per heavy atom. The van der Waals surface area contributed by atoms with Crippen molar-refractivity contribution in [2.45, 2.75) is 58.3 Å². The van der Waals surface area contributed by atoms with E-state index in [0.29, 0.717) is 0 Å². The maximum absolute atomic E-state index is 8.80. The Morgan fingerprint density at radius 3 is 1.76 bits per heavy atom. The molecule has 0 aliphatic carbocycles. The Balaban J connectivity index is 1.78. The van der Waals surface area contributed by atoms with E-state index < -0.39 is 0 Å². The first kappa shape index (κ1) is 23.2. The summed E-state index contributed by atoms with van der Waals surface area (Å²) in [5.41, 5.74) is 3.48. The largest absolute Gasteiger partial charge is 0.494 e. The molecule has 0 unspecified atom stereocenters. The molecule has 0 aromatic heterocycles. The van der Waals surface area contributed by atoms with Gasteiger partial charge in [-0.25, -0.2) is 0 Å². The lowest BCUT2D eigenvalue weighted by Crippen LogP contribution is -1.99. The molecule has 4 nitrogen and oxygen atoms in total. The molecule has 0 heterocycles. The number of benzene rings is 2. The Bertz CT molecular complexity index is 682. The molecule has 0 spiro atoms. The van der Waals surface area contributed by atoms with Gasteiger partial charge in [0.25, 0.3) is 0 Å². The predicted octanol–water partition coefficient (Wildman–Crippen LogP) is 5.53. The van der Waals surface area contributed by atoms with E-state index in [1.807, 2.05) is 12.1 Å². The normalized spacial score (nSPS) is 10.9. The molecule has 0 fully saturated rings. The smallest absolute Gasteiger partial charge is 0.122 e. The summed E-state index contributed by atoms with van der Waals surface area (Å²) in [4.78, 5) is 0. The van der Waals surface area contributed by atoms with E-state index in [0.717, 1.165) is 81.6 Å². The average Bonchev–Trinajstić information content (AvgIpc) is 2.74. The topological polar surface area (TPSA) is 58.9 Å². The van der Waals surface area contributed by atoms with Gasteiger partial charge in [0.2, 0.25) is 0 Å². The van der Waals surface area contributed by atoms with Gasteiger partial charge in [0, 0.05) is 13.2 Å². The van der Waals surface area contributed by atoms with Gasteiger partial charge in [-0.2, -0.15) is 0 Å². The van der Waals surface area contributed by atoms with E-state index in [1.165, 1.54) is 11.1 Å². The van der Waals surface area contributed by atoms with Crippen LogP contribution in [0.2, 0.25) is 0 Å². The van der Waals surface area contributed by atoms with Crippen LogP contribution in [0.15, 0.2) is 42.5 Å². The third-order valence-corrected chi connectivity index (χ3v) is 4.99. The molecule has 0 radical (unpaired) electrons. The van der Waals surface area contributed by atoms with Crippen LogP contribution >= 0.6 is 0 Å². The Hall–Kier alpha value is -2.04. The predicted molar refractivity (Wildman–Crippen MR) is 119 cm³/mol. The lowest BCUT2D eigenvalue weighted by atomic mass is 10.0. The van der Waals surface area contributed by atoms with E-state index in [-0.39, 0.29) is 13.2 Å². The summed E-state index contributed by atoms with van der Waals surface area (Å²) in [7, 11) is 0. The Kier molecular flexibility index (Phi) is 11.2. The van der Waals surface area contributed by atoms with Crippen LogP contribution in [0.1, 0.15) is 56.9 Å². The van der Waals surface area contributed by atoms with Gasteiger partial charge in [-0.3, -0.25) is 0 Å². The van der Waals surface area contributed by atoms with Crippen LogP contribution < -0.4 is 9.47 Å². The Morgan fingerprint density at radius 2 is 1.17 bits per heavy atom. The van der Waals surface area contributed by atoms with Crippen molar-refractivity contribution in [2.24, 2.45) is 0 Å². The minimum atomic E-state index is 0.278. The van der Waals surface area contributed by atoms with Crippen LogP contribution in [0.5, 0.6) is 11.5 Å². The third-order valence-electron chi connectivity index (χ3n) is 4.99. The standard InChI is InChI=1S/C25H36O4/c1-21-20-23(12-15-25(21)29-19-9-5-3-7-17-27)22-10-13-24(14-11-22)28-18-8-4-2-6-16-26/h10-15,20,26-27H,2-9,16-19H2,1H3. The molecular weight excluding hydrogens is 364 g/mol. The molecule has 0 aliphatic rings. The number of rotatable bonds is 15. The Labute approximate surface area is 175 Å². The summed E-state index contributed by atoms with van der Waals surface area (Å²) in [6.07, 6.45) is 8.09. The van der Waals surface area contributed by atoms with E-state index in [9.17, 15) is 0 Å². The van der Waals surface area contributed by atoms with Gasteiger partial charge in [0.1, 0.15) is 11.5 Å². The lowest BCUT2D eigenvalue weighted by Gasteiger charge is -2.12. The maximum Gasteiger partial charge on any atom is 0.122 e. The second-order valence-electron chi connectivity index (χ2n) is 7.48. The number of aliphatic hydroxyl groups is 2. The molecule has 160 valence electrons. The second-order valence-corrected chi connectivity index (χ2v) is 7.48. The van der Waals surface area contributed by atoms with Crippen LogP contribution in [0.4, 0.5) is 0 Å². The molecule has 2 aromatic carbocycles. The van der Waals surface area contributed by atoms with Crippen molar-refractivity contribution in [3.05, 3.63) is 48.0 Å². The highest BCUT2D eigenvalue weighted by Crippen LogP contribution is 2.28. The van der Waals surface area contributed by atoms with Crippen molar-refractivity contribution in [3.63, 3.8) is 0 Å². The molecule has 29 heavy (non-hydrogen) atoms. The summed E-state index contributed by atoms with van der Waals surface area (Å²) >= 11 is 0. The van der Waals surface area contributed by atoms with Crippen LogP contribution in [0.3, 0.4) is 0 Å². The van der Waals surface area contributed by atoms with Crippen molar-refractivity contribution in [1.82, 2.24) is 0 Å². The fourth-order valence-electron chi connectivity index (χ4n) is 3.24. The maximum atomic E-state index is 8.80. The number of aryl methyl sites for hydroxylation is 1. The first-order valence-corrected chi connectivity index (χ1v) is 10.9. The number of aliphatic hydroxyl groups excluding tert-OH is 2. The van der Waals surface area contributed by atoms with E-state index in [4.69, 9.17) is 19.7 Å². The summed E-state index contributed by atoms with van der Waals surface area (Å²) in [6.45, 7) is 4.08. The molecule has 2 aromatic rings. The van der Waals surface area contributed by atoms with Crippen LogP contribution in [0, 0.1) is 6.92 Å². The van der Waals surface area contributed by atoms with Gasteiger partial charge in [-0.15, -0.1) is 0 Å². The SMILES string of the molecule is Cc1cc(-c2ccc(OCCCCCCO)cc2)ccc1OCCCCCCO. The fourth-order valence-corrected chi connectivity index (χ4v) is 3.24. The molecule has 4 heteroatoms. The number of hydrogen-bond donors (Lipinski definition) is 2. The molecule has 0 aliphatic heterocycles. The molecule has 2 N–H and O–H groups in total. The number of unbranched alkanes of at least 4 members (excludes halogenated alkanes) is 6. The zero-order chi connectivity index (χ0) is 20.7. The fraction of sp³-hybridized carbons (Fsp3) is 0.520. The second kappa shape index (κ2) is 14.0. The third kappa shape index (κ3) is 8.88. The molecule has 0 atom stereocenters. The zero-order valence-corrected chi connectivity index (χ0v) is 17.7. The van der Waals surface area contributed by atoms with Crippen molar-refractivity contribution in [2.75, 3.05) is 26.4 Å². The van der Waals surface area contributed by atoms with Gasteiger partial charge in [-0.1, -0.05) is 31.0 Å². The lowest BCUT2D eigenvalue weighted by molar-refractivity contribution is 0.273. The minimum absolute atomic E-state index is 0.278. The van der Waals surface area contributed by atoms with Gasteiger partial charge < -0.3 is 19.7 Å². The quantitative estimate of drug-likeness (QED) is 0.386. The summed E-state index contributed by atoms with van der Waals surface area (Å²) in [5.74, 6) is 1.84. The molecule has 0 saturated heterocycles. The summed E-state index contributed by atoms with van der Waals surface area (Å²) < 4.78 is 11.7. The first-order valence-electron chi connectivity index (χ1n) is 10.9. The first-order chi connectivity index (χ1) is 14.2. The van der Waals surface area contributed by atoms with Crippen molar-refractivity contribution in [3.8, 4) is 22.6 Å². The molecule has 2 rings (SSSR count). The highest BCUT2D eigenvalue weighted by Gasteiger charge is 2.04. The van der Waals surface area contributed by atoms with E-state index in [1.54, 1.807) is 0 Å². The van der Waals surface area contributed by atoms with Crippen molar-refractivity contribution < 1.29 is 19.7 Å². The molecule has 0 amide bonds. The number of hydrogen-bond acceptors (Lipinski definition) is 4. The summed E-state index contributed by atoms with van der Waals surface area (Å²) in [5, 5.41) is 17.6. The van der Waals surface area contributed by atoms with Gasteiger partial charge in [0.05, 0.1) is 13.2 Å². The average molecular weight is 401 g/mol. The minimum Gasteiger partial charge on any atom is -0.494 e. The van der Waals surface area contributed by atoms with Crippen LogP contribution in [0.25, 0.3) is 11.1 Å². The van der Waals surface area contributed by atoms with Gasteiger partial charge in [-0.05, 0) is 86.4 Å². The highest BCUT2D eigenvalue weighted by molar-refractivity contribution is 5.66. The summed E-state index contributed by atoms with van der Waals surface area (Å²) in [6, 6.07) is 14.6. The molecular formula is C25H36O4.